The number of para-hydroxylation sites is 2. The lowest BCUT2D eigenvalue weighted by molar-refractivity contribution is -0.123. The molecule has 1 aliphatic rings. The number of halogens is 2. The van der Waals surface area contributed by atoms with Gasteiger partial charge in [-0.15, -0.1) is 0 Å². The Kier molecular flexibility index (Phi) is 8.46. The van der Waals surface area contributed by atoms with Gasteiger partial charge < -0.3 is 14.2 Å². The van der Waals surface area contributed by atoms with Gasteiger partial charge in [-0.2, -0.15) is 0 Å². The molecule has 0 saturated carbocycles. The van der Waals surface area contributed by atoms with E-state index in [0.29, 0.717) is 39.5 Å². The van der Waals surface area contributed by atoms with Gasteiger partial charge in [-0.1, -0.05) is 65.2 Å². The quantitative estimate of drug-likeness (QED) is 0.270. The first-order valence-electron chi connectivity index (χ1n) is 11.0. The van der Waals surface area contributed by atoms with Gasteiger partial charge in [-0.3, -0.25) is 14.5 Å². The number of hydrogen-bond donors (Lipinski definition) is 0. The topological polar surface area (TPSA) is 65.1 Å². The molecule has 0 radical (unpaired) electrons. The highest BCUT2D eigenvalue weighted by Crippen LogP contribution is 2.38. The number of carbonyl (C=O) groups is 2. The summed E-state index contributed by atoms with van der Waals surface area (Å²) in [5.41, 5.74) is 2.71. The molecule has 1 aliphatic heterocycles. The molecule has 1 saturated heterocycles. The maximum absolute atomic E-state index is 12.9. The molecule has 3 aromatic carbocycles. The van der Waals surface area contributed by atoms with Gasteiger partial charge >= 0.3 is 0 Å². The van der Waals surface area contributed by atoms with Gasteiger partial charge in [0.15, 0.2) is 17.2 Å². The van der Waals surface area contributed by atoms with Gasteiger partial charge in [0.1, 0.15) is 13.2 Å². The fourth-order valence-electron chi connectivity index (χ4n) is 3.59. The van der Waals surface area contributed by atoms with Crippen molar-refractivity contribution in [1.29, 1.82) is 0 Å². The summed E-state index contributed by atoms with van der Waals surface area (Å²) in [7, 11) is 1.55. The highest BCUT2D eigenvalue weighted by molar-refractivity contribution is 8.18. The Morgan fingerprint density at radius 3 is 2.36 bits per heavy atom. The van der Waals surface area contributed by atoms with E-state index in [4.69, 9.17) is 37.4 Å². The van der Waals surface area contributed by atoms with E-state index in [1.165, 1.54) is 0 Å². The fourth-order valence-corrected chi connectivity index (χ4v) is 5.07. The summed E-state index contributed by atoms with van der Waals surface area (Å²) in [6.45, 7) is 2.56. The lowest BCUT2D eigenvalue weighted by atomic mass is 10.1. The van der Waals surface area contributed by atoms with Crippen LogP contribution in [0.2, 0.25) is 10.0 Å². The highest BCUT2D eigenvalue weighted by atomic mass is 35.5. The Bertz CT molecular complexity index is 1300. The molecular weight excluding hydrogens is 521 g/mol. The van der Waals surface area contributed by atoms with Gasteiger partial charge in [0, 0.05) is 0 Å². The van der Waals surface area contributed by atoms with Crippen LogP contribution in [0.1, 0.15) is 16.7 Å². The minimum Gasteiger partial charge on any atom is -0.493 e. The maximum Gasteiger partial charge on any atom is 0.293 e. The van der Waals surface area contributed by atoms with Crippen molar-refractivity contribution in [1.82, 2.24) is 4.90 Å². The van der Waals surface area contributed by atoms with E-state index >= 15 is 0 Å². The number of rotatable bonds is 9. The number of thioether (sulfide) groups is 1. The minimum atomic E-state index is -0.402. The van der Waals surface area contributed by atoms with Crippen molar-refractivity contribution in [3.63, 3.8) is 0 Å². The lowest BCUT2D eigenvalue weighted by Gasteiger charge is -2.14. The highest BCUT2D eigenvalue weighted by Gasteiger charge is 2.35. The maximum atomic E-state index is 12.9. The fraction of sp³-hybridized carbons (Fsp3) is 0.185. The second-order valence-electron chi connectivity index (χ2n) is 7.92. The summed E-state index contributed by atoms with van der Waals surface area (Å²) < 4.78 is 16.8. The molecule has 9 heteroatoms. The molecule has 2 amide bonds. The summed E-state index contributed by atoms with van der Waals surface area (Å²) in [5, 5.41) is 0.252. The molecule has 1 fully saturated rings. The van der Waals surface area contributed by atoms with E-state index in [1.54, 1.807) is 37.5 Å². The van der Waals surface area contributed by atoms with Crippen molar-refractivity contribution in [3.05, 3.63) is 92.3 Å². The minimum absolute atomic E-state index is 0.104. The van der Waals surface area contributed by atoms with E-state index in [0.717, 1.165) is 27.8 Å². The lowest BCUT2D eigenvalue weighted by Crippen LogP contribution is -2.32. The van der Waals surface area contributed by atoms with Crippen LogP contribution in [0.5, 0.6) is 17.2 Å². The van der Waals surface area contributed by atoms with Crippen LogP contribution in [0, 0.1) is 6.92 Å². The third-order valence-corrected chi connectivity index (χ3v) is 6.77. The van der Waals surface area contributed by atoms with E-state index in [2.05, 4.69) is 0 Å². The number of nitrogens with zero attached hydrogens (tertiary/aromatic N) is 1. The third kappa shape index (κ3) is 6.16. The average Bonchev–Trinajstić information content (AvgIpc) is 3.11. The Balaban J connectivity index is 1.41. The van der Waals surface area contributed by atoms with Crippen molar-refractivity contribution in [3.8, 4) is 17.2 Å². The summed E-state index contributed by atoms with van der Waals surface area (Å²) in [5.74, 6) is 1.07. The van der Waals surface area contributed by atoms with Gasteiger partial charge in [-0.05, 0) is 60.2 Å². The molecule has 3 aromatic rings. The number of carbonyl (C=O) groups excluding carboxylic acids is 2. The molecule has 1 heterocycles. The molecule has 186 valence electrons. The van der Waals surface area contributed by atoms with E-state index in [1.807, 2.05) is 43.3 Å². The van der Waals surface area contributed by atoms with Gasteiger partial charge in [0.05, 0.1) is 28.6 Å². The molecule has 0 spiro atoms. The van der Waals surface area contributed by atoms with Crippen LogP contribution in [0.4, 0.5) is 4.79 Å². The first-order valence-corrected chi connectivity index (χ1v) is 12.6. The predicted octanol–water partition coefficient (Wildman–Crippen LogP) is 7.00. The molecule has 0 N–H and O–H groups in total. The summed E-state index contributed by atoms with van der Waals surface area (Å²) in [4.78, 5) is 26.7. The van der Waals surface area contributed by atoms with Crippen LogP contribution in [0.25, 0.3) is 6.08 Å². The molecule has 0 aromatic heterocycles. The average molecular weight is 544 g/mol. The molecule has 0 atom stereocenters. The largest absolute Gasteiger partial charge is 0.493 e. The zero-order chi connectivity index (χ0) is 25.7. The van der Waals surface area contributed by atoms with E-state index < -0.39 is 5.91 Å². The predicted molar refractivity (Wildman–Crippen MR) is 143 cm³/mol. The first-order chi connectivity index (χ1) is 17.4. The molecule has 0 bridgehead atoms. The van der Waals surface area contributed by atoms with Crippen LogP contribution in [0.15, 0.2) is 65.6 Å². The van der Waals surface area contributed by atoms with E-state index in [-0.39, 0.29) is 23.3 Å². The SMILES string of the molecule is COc1ccccc1OCCN1C(=O)S/C(=C\c2cc(Cl)c(OCc3cccc(C)c3)c(Cl)c2)C1=O. The number of amides is 2. The molecule has 4 rings (SSSR count). The standard InChI is InChI=1S/C27H23Cl2NO5S/c1-17-6-5-7-18(12-17)16-35-25-20(28)13-19(14-21(25)29)15-24-26(31)30(27(32)36-24)10-11-34-23-9-4-3-8-22(23)33-2/h3-9,12-15H,10-11,16H2,1-2H3/b24-15-. The Labute approximate surface area is 223 Å². The number of methoxy groups -OCH3 is 1. The van der Waals surface area contributed by atoms with Crippen molar-refractivity contribution in [2.45, 2.75) is 13.5 Å². The molecule has 0 unspecified atom stereocenters. The molecular formula is C27H23Cl2NO5S. The van der Waals surface area contributed by atoms with Crippen LogP contribution < -0.4 is 14.2 Å². The van der Waals surface area contributed by atoms with Gasteiger partial charge in [0.2, 0.25) is 0 Å². The van der Waals surface area contributed by atoms with Crippen LogP contribution in [-0.4, -0.2) is 36.3 Å². The summed E-state index contributed by atoms with van der Waals surface area (Å²) in [6.07, 6.45) is 1.59. The summed E-state index contributed by atoms with van der Waals surface area (Å²) >= 11 is 13.7. The number of ether oxygens (including phenoxy) is 3. The Hall–Kier alpha value is -3.13. The Morgan fingerprint density at radius 2 is 1.67 bits per heavy atom. The first kappa shape index (κ1) is 25.9. The smallest absolute Gasteiger partial charge is 0.293 e. The summed E-state index contributed by atoms with van der Waals surface area (Å²) in [6, 6.07) is 18.4. The van der Waals surface area contributed by atoms with Crippen molar-refractivity contribution in [2.75, 3.05) is 20.3 Å². The zero-order valence-corrected chi connectivity index (χ0v) is 22.0. The van der Waals surface area contributed by atoms with Gasteiger partial charge in [-0.25, -0.2) is 0 Å². The number of hydrogen-bond acceptors (Lipinski definition) is 6. The number of imide groups is 1. The number of aryl methyl sites for hydroxylation is 1. The van der Waals surface area contributed by atoms with Gasteiger partial charge in [0.25, 0.3) is 11.1 Å². The normalized spacial score (nSPS) is 14.4. The van der Waals surface area contributed by atoms with Crippen molar-refractivity contribution >= 4 is 52.2 Å². The zero-order valence-electron chi connectivity index (χ0n) is 19.6. The second kappa shape index (κ2) is 11.7. The van der Waals surface area contributed by atoms with E-state index in [9.17, 15) is 9.59 Å². The Morgan fingerprint density at radius 1 is 0.944 bits per heavy atom. The number of benzene rings is 3. The monoisotopic (exact) mass is 543 g/mol. The molecule has 6 nitrogen and oxygen atoms in total. The molecule has 36 heavy (non-hydrogen) atoms. The van der Waals surface area contributed by atoms with Crippen molar-refractivity contribution in [2.24, 2.45) is 0 Å². The van der Waals surface area contributed by atoms with Crippen molar-refractivity contribution < 1.29 is 23.8 Å². The third-order valence-electron chi connectivity index (χ3n) is 5.30. The second-order valence-corrected chi connectivity index (χ2v) is 9.73. The molecule has 0 aliphatic carbocycles. The van der Waals surface area contributed by atoms with Crippen LogP contribution >= 0.6 is 35.0 Å². The van der Waals surface area contributed by atoms with Crippen LogP contribution in [0.3, 0.4) is 0 Å². The van der Waals surface area contributed by atoms with Crippen LogP contribution in [-0.2, 0) is 11.4 Å².